The number of piperazine rings is 2. The van der Waals surface area contributed by atoms with Crippen LogP contribution in [-0.2, 0) is 44.9 Å². The summed E-state index contributed by atoms with van der Waals surface area (Å²) in [5, 5.41) is 0. The Morgan fingerprint density at radius 1 is 0.523 bits per heavy atom. The minimum atomic E-state index is -3.67. The molecule has 0 aliphatic carbocycles. The number of hydrogen-bond donors (Lipinski definition) is 2. The molecular weight excluding hydrogens is 739 g/mol. The van der Waals surface area contributed by atoms with Crippen LogP contribution in [0.4, 0.5) is 11.4 Å². The van der Waals surface area contributed by atoms with Crippen LogP contribution in [0.1, 0.15) is 0 Å². The first-order valence-corrected chi connectivity index (χ1v) is 17.8. The van der Waals surface area contributed by atoms with Gasteiger partial charge in [0.25, 0.3) is 0 Å². The van der Waals surface area contributed by atoms with Crippen molar-refractivity contribution < 1.29 is 76.0 Å². The summed E-state index contributed by atoms with van der Waals surface area (Å²) < 4.78 is 50.6. The average molecular weight is 767 g/mol. The Morgan fingerprint density at radius 3 is 0.977 bits per heavy atom. The van der Waals surface area contributed by atoms with Crippen LogP contribution in [0.5, 0.6) is 0 Å². The van der Waals surface area contributed by atoms with Gasteiger partial charge in [-0.25, -0.2) is 16.8 Å². The molecule has 2 saturated heterocycles. The number of benzene rings is 2. The zero-order valence-corrected chi connectivity index (χ0v) is 34.7. The number of nitrogens with two attached hydrogens (primary N) is 2. The van der Waals surface area contributed by atoms with Crippen LogP contribution in [0, 0.1) is 0 Å². The van der Waals surface area contributed by atoms with E-state index in [0.29, 0.717) is 72.4 Å². The van der Waals surface area contributed by atoms with E-state index in [9.17, 15) is 16.8 Å². The van der Waals surface area contributed by atoms with Gasteiger partial charge in [0.15, 0.2) is 0 Å². The summed E-state index contributed by atoms with van der Waals surface area (Å²) in [7, 11) is -7.34. The van der Waals surface area contributed by atoms with E-state index in [2.05, 4.69) is 0 Å². The molecule has 44 heavy (non-hydrogen) atoms. The van der Waals surface area contributed by atoms with Crippen molar-refractivity contribution in [2.75, 3.05) is 63.8 Å². The Hall–Kier alpha value is -0.0600. The molecule has 4 rings (SSSR count). The fourth-order valence-corrected chi connectivity index (χ4v) is 8.09. The van der Waals surface area contributed by atoms with Gasteiger partial charge in [0.1, 0.15) is 0 Å². The number of rotatable bonds is 2. The first-order valence-electron chi connectivity index (χ1n) is 12.4. The van der Waals surface area contributed by atoms with Gasteiger partial charge in [-0.05, 0) is 73.0 Å². The molecule has 2 aliphatic rings. The Labute approximate surface area is 335 Å². The molecule has 2 fully saturated rings. The fourth-order valence-electron chi connectivity index (χ4n) is 3.98. The van der Waals surface area contributed by atoms with Crippen molar-refractivity contribution in [3.8, 4) is 0 Å². The molecular formula is C24H28N6Na2O4S8. The van der Waals surface area contributed by atoms with Gasteiger partial charge in [-0.2, -0.15) is 0 Å². The zero-order valence-electron chi connectivity index (χ0n) is 24.1. The minimum Gasteiger partial charge on any atom is -0.411 e. The topological polar surface area (TPSA) is 133 Å². The molecule has 0 amide bonds. The largest absolute Gasteiger partial charge is 1.00 e. The maximum Gasteiger partial charge on any atom is 1.00 e. The molecule has 0 aromatic heterocycles. The van der Waals surface area contributed by atoms with Crippen molar-refractivity contribution in [1.82, 2.24) is 19.6 Å². The molecule has 2 heterocycles. The van der Waals surface area contributed by atoms with Gasteiger partial charge in [0, 0.05) is 63.7 Å². The second-order valence-corrected chi connectivity index (χ2v) is 16.2. The predicted molar refractivity (Wildman–Crippen MR) is 187 cm³/mol. The van der Waals surface area contributed by atoms with E-state index in [-0.39, 0.29) is 77.5 Å². The molecule has 0 bridgehead atoms. The summed E-state index contributed by atoms with van der Waals surface area (Å²) in [6, 6.07) is 12.0. The van der Waals surface area contributed by atoms with E-state index in [4.69, 9.17) is 85.6 Å². The smallest absolute Gasteiger partial charge is 0.411 e. The van der Waals surface area contributed by atoms with Crippen molar-refractivity contribution in [1.29, 1.82) is 0 Å². The van der Waals surface area contributed by atoms with Gasteiger partial charge in [0.2, 0.25) is 28.3 Å². The molecule has 2 aromatic carbocycles. The van der Waals surface area contributed by atoms with Crippen LogP contribution in [0.3, 0.4) is 0 Å². The average Bonchev–Trinajstić information content (AvgIpc) is 2.97. The van der Waals surface area contributed by atoms with Crippen molar-refractivity contribution in [2.45, 2.75) is 9.79 Å². The van der Waals surface area contributed by atoms with Gasteiger partial charge >= 0.3 is 59.1 Å². The van der Waals surface area contributed by atoms with Crippen molar-refractivity contribution in [3.05, 3.63) is 48.5 Å². The molecule has 0 saturated carbocycles. The summed E-state index contributed by atoms with van der Waals surface area (Å²) in [6.45, 7) is 4.29. The van der Waals surface area contributed by atoms with Crippen LogP contribution >= 0.6 is 48.9 Å². The molecule has 0 spiro atoms. The van der Waals surface area contributed by atoms with Crippen LogP contribution in [0.2, 0.25) is 0 Å². The number of hydrogen-bond acceptors (Lipinski definition) is 12. The zero-order chi connectivity index (χ0) is 31.2. The summed E-state index contributed by atoms with van der Waals surface area (Å²) in [6.07, 6.45) is 0. The first-order chi connectivity index (χ1) is 19.6. The van der Waals surface area contributed by atoms with Gasteiger partial charge in [-0.1, -0.05) is 8.64 Å². The Bertz CT molecular complexity index is 1430. The van der Waals surface area contributed by atoms with Crippen LogP contribution in [-0.4, -0.2) is 106 Å². The maximum atomic E-state index is 12.5. The van der Waals surface area contributed by atoms with Crippen molar-refractivity contribution >= 4 is 122 Å². The van der Waals surface area contributed by atoms with Crippen LogP contribution in [0.15, 0.2) is 58.3 Å². The number of nitrogens with zero attached hydrogens (tertiary/aromatic N) is 4. The molecule has 4 N–H and O–H groups in total. The monoisotopic (exact) mass is 766 g/mol. The second kappa shape index (κ2) is 18.5. The minimum absolute atomic E-state index is 0. The number of sulfone groups is 2. The Balaban J connectivity index is 0.000000421. The molecule has 0 atom stereocenters. The summed E-state index contributed by atoms with van der Waals surface area (Å²) in [5.41, 5.74) is 12.1. The molecule has 0 unspecified atom stereocenters. The molecule has 10 nitrogen and oxygen atoms in total. The van der Waals surface area contributed by atoms with E-state index in [1.54, 1.807) is 34.1 Å². The van der Waals surface area contributed by atoms with Crippen LogP contribution in [0.25, 0.3) is 0 Å². The van der Waals surface area contributed by atoms with E-state index in [1.165, 1.54) is 24.3 Å². The second-order valence-electron chi connectivity index (χ2n) is 9.16. The van der Waals surface area contributed by atoms with Crippen molar-refractivity contribution in [2.24, 2.45) is 0 Å². The third kappa shape index (κ3) is 11.0. The number of anilines is 2. The third-order valence-corrected chi connectivity index (χ3v) is 12.5. The summed E-state index contributed by atoms with van der Waals surface area (Å²) in [5.74, 6) is 0. The summed E-state index contributed by atoms with van der Waals surface area (Å²) in [4.78, 5) is 7.38. The fraction of sp³-hybridized carbons (Fsp3) is 0.333. The third-order valence-electron chi connectivity index (χ3n) is 6.43. The van der Waals surface area contributed by atoms with Crippen LogP contribution < -0.4 is 70.6 Å². The number of thiocarbonyl (C=S) groups is 4. The SMILES string of the molecule is Nc1ccc(S(=O)(=O)C(=S)N2CCN(C(=S)[S-])CC2)cc1.Nc1ccc(S(=O)(=O)C(=S)N2CCN(C(=S)[S-])CC2)cc1.[Na+].[Na+]. The summed E-state index contributed by atoms with van der Waals surface area (Å²) >= 11 is 30.1. The quantitative estimate of drug-likeness (QED) is 0.132. The van der Waals surface area contributed by atoms with E-state index < -0.39 is 19.7 Å². The van der Waals surface area contributed by atoms with E-state index in [0.717, 1.165) is 0 Å². The predicted octanol–water partition coefficient (Wildman–Crippen LogP) is -4.44. The van der Waals surface area contributed by atoms with Crippen molar-refractivity contribution in [3.63, 3.8) is 0 Å². The molecule has 0 radical (unpaired) electrons. The van der Waals surface area contributed by atoms with Gasteiger partial charge in [-0.15, -0.1) is 0 Å². The Kier molecular flexibility index (Phi) is 17.6. The molecule has 228 valence electrons. The van der Waals surface area contributed by atoms with Gasteiger partial charge in [-0.3, -0.25) is 0 Å². The standard InChI is InChI=1S/2C12H15N3O2S4.2Na/c2*13-9-1-3-10(4-2-9)21(16,17)12(20)15-7-5-14(6-8-15)11(18)19;;/h2*1-4H,5-8,13H2,(H,18,19);;/q;;2*+1/p-2. The van der Waals surface area contributed by atoms with Gasteiger partial charge < -0.3 is 80.8 Å². The van der Waals surface area contributed by atoms with E-state index in [1.807, 2.05) is 9.80 Å². The normalized spacial score (nSPS) is 15.1. The molecule has 2 aliphatic heterocycles. The van der Waals surface area contributed by atoms with Gasteiger partial charge in [0.05, 0.1) is 9.79 Å². The Morgan fingerprint density at radius 2 is 0.750 bits per heavy atom. The molecule has 2 aromatic rings. The first kappa shape index (κ1) is 42.0. The number of nitrogen functional groups attached to an aromatic ring is 2. The maximum absolute atomic E-state index is 12.5. The van der Waals surface area contributed by atoms with E-state index >= 15 is 0 Å². The molecule has 20 heteroatoms.